The summed E-state index contributed by atoms with van der Waals surface area (Å²) in [5, 5.41) is 0. The predicted molar refractivity (Wildman–Crippen MR) is 73.8 cm³/mol. The summed E-state index contributed by atoms with van der Waals surface area (Å²) in [5.74, 6) is 0.423. The Morgan fingerprint density at radius 2 is 2.24 bits per heavy atom. The molecule has 2 N–H and O–H groups in total. The van der Waals surface area contributed by atoms with E-state index in [0.717, 1.165) is 38.2 Å². The highest BCUT2D eigenvalue weighted by Crippen LogP contribution is 2.20. The Morgan fingerprint density at radius 1 is 1.47 bits per heavy atom. The second-order valence-electron chi connectivity index (χ2n) is 4.37. The first-order valence-electron chi connectivity index (χ1n) is 5.55. The summed E-state index contributed by atoms with van der Waals surface area (Å²) >= 11 is 3.16. The second kappa shape index (κ2) is 6.69. The maximum atomic E-state index is 13.3. The molecule has 0 bridgehead atoms. The van der Waals surface area contributed by atoms with Gasteiger partial charge in [0, 0.05) is 13.1 Å². The average molecular weight is 324 g/mol. The number of nitrogens with zero attached hydrogens (tertiary/aromatic N) is 1. The van der Waals surface area contributed by atoms with Gasteiger partial charge in [-0.25, -0.2) is 4.39 Å². The molecule has 1 heterocycles. The number of hydrogen-bond donors (Lipinski definition) is 1. The highest BCUT2D eigenvalue weighted by molar-refractivity contribution is 9.10. The van der Waals surface area contributed by atoms with E-state index in [4.69, 9.17) is 5.73 Å². The van der Waals surface area contributed by atoms with Crippen LogP contribution in [0.5, 0.6) is 0 Å². The smallest absolute Gasteiger partial charge is 0.137 e. The molecule has 1 aromatic rings. The second-order valence-corrected chi connectivity index (χ2v) is 5.23. The lowest BCUT2D eigenvalue weighted by molar-refractivity contribution is 0.317. The molecule has 2 nitrogen and oxygen atoms in total. The van der Waals surface area contributed by atoms with Crippen molar-refractivity contribution in [2.75, 3.05) is 19.6 Å². The summed E-state index contributed by atoms with van der Waals surface area (Å²) in [4.78, 5) is 2.33. The van der Waals surface area contributed by atoms with Crippen LogP contribution in [0.2, 0.25) is 0 Å². The first-order chi connectivity index (χ1) is 7.69. The highest BCUT2D eigenvalue weighted by atomic mass is 79.9. The minimum atomic E-state index is -0.188. The van der Waals surface area contributed by atoms with Gasteiger partial charge in [0.05, 0.1) is 4.47 Å². The Morgan fingerprint density at radius 3 is 2.82 bits per heavy atom. The molecule has 0 saturated carbocycles. The van der Waals surface area contributed by atoms with Crippen LogP contribution in [-0.2, 0) is 6.54 Å². The van der Waals surface area contributed by atoms with Crippen LogP contribution in [0.1, 0.15) is 12.0 Å². The molecule has 1 aliphatic heterocycles. The lowest BCUT2D eigenvalue weighted by Crippen LogP contribution is -2.22. The summed E-state index contributed by atoms with van der Waals surface area (Å²) in [6, 6.07) is 5.32. The molecule has 1 aliphatic rings. The number of hydrogen-bond acceptors (Lipinski definition) is 2. The van der Waals surface area contributed by atoms with Gasteiger partial charge < -0.3 is 5.73 Å². The molecule has 0 amide bonds. The fourth-order valence-electron chi connectivity index (χ4n) is 2.15. The van der Waals surface area contributed by atoms with E-state index in [0.29, 0.717) is 10.4 Å². The Hall–Kier alpha value is -0.160. The van der Waals surface area contributed by atoms with Gasteiger partial charge in [-0.05, 0) is 59.1 Å². The van der Waals surface area contributed by atoms with Crippen LogP contribution in [0.15, 0.2) is 22.7 Å². The van der Waals surface area contributed by atoms with Crippen LogP contribution >= 0.6 is 28.3 Å². The van der Waals surface area contributed by atoms with Crippen molar-refractivity contribution in [2.24, 2.45) is 11.7 Å². The fraction of sp³-hybridized carbons (Fsp3) is 0.500. The lowest BCUT2D eigenvalue weighted by atomic mass is 10.1. The Balaban J connectivity index is 0.00000144. The van der Waals surface area contributed by atoms with Gasteiger partial charge in [-0.1, -0.05) is 6.07 Å². The fourth-order valence-corrected chi connectivity index (χ4v) is 2.39. The van der Waals surface area contributed by atoms with Gasteiger partial charge in [0.2, 0.25) is 0 Å². The van der Waals surface area contributed by atoms with Crippen molar-refractivity contribution >= 4 is 28.3 Å². The lowest BCUT2D eigenvalue weighted by Gasteiger charge is -2.15. The van der Waals surface area contributed by atoms with E-state index in [9.17, 15) is 4.39 Å². The molecular weight excluding hydrogens is 307 g/mol. The van der Waals surface area contributed by atoms with Crippen LogP contribution in [0.25, 0.3) is 0 Å². The molecule has 0 aliphatic carbocycles. The highest BCUT2D eigenvalue weighted by Gasteiger charge is 2.21. The van der Waals surface area contributed by atoms with Crippen LogP contribution < -0.4 is 5.73 Å². The molecule has 1 aromatic carbocycles. The van der Waals surface area contributed by atoms with E-state index >= 15 is 0 Å². The largest absolute Gasteiger partial charge is 0.330 e. The van der Waals surface area contributed by atoms with E-state index in [2.05, 4.69) is 20.8 Å². The van der Waals surface area contributed by atoms with E-state index in [1.165, 1.54) is 0 Å². The maximum absolute atomic E-state index is 13.3. The van der Waals surface area contributed by atoms with Crippen molar-refractivity contribution in [3.63, 3.8) is 0 Å². The Kier molecular flexibility index (Phi) is 5.86. The number of benzene rings is 1. The van der Waals surface area contributed by atoms with Crippen molar-refractivity contribution in [3.8, 4) is 0 Å². The van der Waals surface area contributed by atoms with Crippen LogP contribution in [0.3, 0.4) is 0 Å². The zero-order chi connectivity index (χ0) is 11.5. The molecule has 1 unspecified atom stereocenters. The van der Waals surface area contributed by atoms with Crippen LogP contribution in [0, 0.1) is 11.7 Å². The van der Waals surface area contributed by atoms with Crippen molar-refractivity contribution in [3.05, 3.63) is 34.1 Å². The summed E-state index contributed by atoms with van der Waals surface area (Å²) < 4.78 is 13.8. The van der Waals surface area contributed by atoms with Gasteiger partial charge in [-0.15, -0.1) is 12.4 Å². The maximum Gasteiger partial charge on any atom is 0.137 e. The Labute approximate surface area is 116 Å². The standard InChI is InChI=1S/C12H16BrFN2.ClH/c13-11-2-1-9(5-12(11)14)7-16-4-3-10(6-15)8-16;/h1-2,5,10H,3-4,6-8,15H2;1H. The normalized spacial score (nSPS) is 20.3. The molecule has 0 spiro atoms. The van der Waals surface area contributed by atoms with Gasteiger partial charge in [0.25, 0.3) is 0 Å². The minimum absolute atomic E-state index is 0. The van der Waals surface area contributed by atoms with E-state index in [-0.39, 0.29) is 18.2 Å². The molecule has 96 valence electrons. The molecule has 1 saturated heterocycles. The Bertz CT molecular complexity index is 376. The zero-order valence-corrected chi connectivity index (χ0v) is 11.9. The summed E-state index contributed by atoms with van der Waals surface area (Å²) in [5.41, 5.74) is 6.67. The quantitative estimate of drug-likeness (QED) is 0.927. The number of nitrogens with two attached hydrogens (primary N) is 1. The van der Waals surface area contributed by atoms with E-state index in [1.54, 1.807) is 12.1 Å². The summed E-state index contributed by atoms with van der Waals surface area (Å²) in [7, 11) is 0. The van der Waals surface area contributed by atoms with Crippen molar-refractivity contribution in [1.29, 1.82) is 0 Å². The number of halogens is 3. The molecule has 5 heteroatoms. The molecule has 1 fully saturated rings. The SMILES string of the molecule is Cl.NCC1CCN(Cc2ccc(Br)c(F)c2)C1. The van der Waals surface area contributed by atoms with Gasteiger partial charge in [0.1, 0.15) is 5.82 Å². The number of likely N-dealkylation sites (tertiary alicyclic amines) is 1. The predicted octanol–water partition coefficient (Wildman–Crippen LogP) is 2.79. The van der Waals surface area contributed by atoms with Gasteiger partial charge in [0.15, 0.2) is 0 Å². The molecule has 1 atom stereocenters. The molecule has 17 heavy (non-hydrogen) atoms. The molecule has 2 rings (SSSR count). The van der Waals surface area contributed by atoms with Crippen molar-refractivity contribution in [2.45, 2.75) is 13.0 Å². The first kappa shape index (κ1) is 14.9. The molecule has 0 radical (unpaired) electrons. The van der Waals surface area contributed by atoms with Gasteiger partial charge in [-0.3, -0.25) is 4.90 Å². The van der Waals surface area contributed by atoms with E-state index in [1.807, 2.05) is 6.07 Å². The minimum Gasteiger partial charge on any atom is -0.330 e. The van der Waals surface area contributed by atoms with Gasteiger partial charge >= 0.3 is 0 Å². The third-order valence-electron chi connectivity index (χ3n) is 3.09. The number of rotatable bonds is 3. The average Bonchev–Trinajstić information content (AvgIpc) is 2.71. The summed E-state index contributed by atoms with van der Waals surface area (Å²) in [6.45, 7) is 3.68. The molecule has 0 aromatic heterocycles. The van der Waals surface area contributed by atoms with Crippen molar-refractivity contribution in [1.82, 2.24) is 4.90 Å². The third kappa shape index (κ3) is 3.91. The third-order valence-corrected chi connectivity index (χ3v) is 3.74. The van der Waals surface area contributed by atoms with Crippen LogP contribution in [0.4, 0.5) is 4.39 Å². The van der Waals surface area contributed by atoms with Crippen LogP contribution in [-0.4, -0.2) is 24.5 Å². The van der Waals surface area contributed by atoms with E-state index < -0.39 is 0 Å². The zero-order valence-electron chi connectivity index (χ0n) is 9.53. The first-order valence-corrected chi connectivity index (χ1v) is 6.34. The molecular formula is C12H17BrClFN2. The summed E-state index contributed by atoms with van der Waals surface area (Å²) in [6.07, 6.45) is 1.16. The monoisotopic (exact) mass is 322 g/mol. The van der Waals surface area contributed by atoms with Gasteiger partial charge in [-0.2, -0.15) is 0 Å². The topological polar surface area (TPSA) is 29.3 Å². The van der Waals surface area contributed by atoms with Crippen molar-refractivity contribution < 1.29 is 4.39 Å².